The van der Waals surface area contributed by atoms with E-state index in [0.717, 1.165) is 34.4 Å². The summed E-state index contributed by atoms with van der Waals surface area (Å²) >= 11 is 3.30. The molecule has 0 aliphatic heterocycles. The molecule has 0 amide bonds. The zero-order valence-electron chi connectivity index (χ0n) is 14.4. The normalized spacial score (nSPS) is 11.8. The van der Waals surface area contributed by atoms with E-state index in [1.54, 1.807) is 13.0 Å². The number of halogens is 1. The maximum absolute atomic E-state index is 11.7. The van der Waals surface area contributed by atoms with Gasteiger partial charge in [0.2, 0.25) is 5.16 Å². The fourth-order valence-corrected chi connectivity index (χ4v) is 3.77. The van der Waals surface area contributed by atoms with Gasteiger partial charge in [0.1, 0.15) is 10.7 Å². The van der Waals surface area contributed by atoms with Crippen LogP contribution >= 0.6 is 34.4 Å². The predicted molar refractivity (Wildman–Crippen MR) is 111 cm³/mol. The molecule has 3 aromatic rings. The smallest absolute Gasteiger partial charge is 0.342 e. The maximum atomic E-state index is 11.7. The third kappa shape index (κ3) is 4.01. The second-order valence-electron chi connectivity index (χ2n) is 5.76. The van der Waals surface area contributed by atoms with E-state index in [-0.39, 0.29) is 4.91 Å². The Labute approximate surface area is 168 Å². The van der Waals surface area contributed by atoms with Crippen molar-refractivity contribution in [2.75, 3.05) is 0 Å². The Hall–Kier alpha value is -2.07. The molecule has 0 aliphatic carbocycles. The molecule has 134 valence electrons. The van der Waals surface area contributed by atoms with Crippen LogP contribution in [0.5, 0.6) is 0 Å². The number of carbonyl (C=O) groups is 1. The van der Waals surface area contributed by atoms with Crippen molar-refractivity contribution >= 4 is 46.4 Å². The SMILES string of the molecule is Cc1nc(S/C(=C\c2cc(C)n(-c3ccc(I)cc3)c2C)C(=O)O)n[nH]1. The van der Waals surface area contributed by atoms with Crippen molar-refractivity contribution in [3.63, 3.8) is 0 Å². The lowest BCUT2D eigenvalue weighted by Gasteiger charge is -2.09. The van der Waals surface area contributed by atoms with E-state index in [1.807, 2.05) is 32.0 Å². The van der Waals surface area contributed by atoms with Gasteiger partial charge in [-0.1, -0.05) is 0 Å². The summed E-state index contributed by atoms with van der Waals surface area (Å²) in [4.78, 5) is 16.0. The fourth-order valence-electron chi connectivity index (χ4n) is 2.66. The minimum Gasteiger partial charge on any atom is -0.477 e. The van der Waals surface area contributed by atoms with E-state index in [4.69, 9.17) is 0 Å². The molecular formula is C18H17IN4O2S. The quantitative estimate of drug-likeness (QED) is 0.323. The molecule has 0 bridgehead atoms. The molecule has 0 aliphatic rings. The molecule has 0 radical (unpaired) electrons. The first-order valence-corrected chi connectivity index (χ1v) is 9.71. The van der Waals surface area contributed by atoms with Crippen LogP contribution in [0.3, 0.4) is 0 Å². The predicted octanol–water partition coefficient (Wildman–Crippen LogP) is 4.34. The van der Waals surface area contributed by atoms with Gasteiger partial charge in [0.05, 0.1) is 0 Å². The molecule has 3 rings (SSSR count). The molecule has 0 unspecified atom stereocenters. The number of nitrogens with one attached hydrogen (secondary N) is 1. The Morgan fingerprint density at radius 3 is 2.54 bits per heavy atom. The van der Waals surface area contributed by atoms with Crippen molar-refractivity contribution in [1.82, 2.24) is 19.7 Å². The first-order chi connectivity index (χ1) is 12.3. The summed E-state index contributed by atoms with van der Waals surface area (Å²) < 4.78 is 3.28. The molecule has 1 aromatic carbocycles. The summed E-state index contributed by atoms with van der Waals surface area (Å²) in [5, 5.41) is 16.7. The standard InChI is InChI=1S/C18H17IN4O2S/c1-10-8-13(11(2)23(10)15-6-4-14(19)5-7-15)9-16(17(24)25)26-18-20-12(3)21-22-18/h4-9H,1-3H3,(H,24,25)(H,20,21,22)/b16-9-. The minimum atomic E-state index is -1.00. The monoisotopic (exact) mass is 480 g/mol. The summed E-state index contributed by atoms with van der Waals surface area (Å²) in [5.41, 5.74) is 3.93. The van der Waals surface area contributed by atoms with Crippen LogP contribution in [0.4, 0.5) is 0 Å². The number of thioether (sulfide) groups is 1. The highest BCUT2D eigenvalue weighted by atomic mass is 127. The summed E-state index contributed by atoms with van der Waals surface area (Å²) in [6, 6.07) is 10.2. The van der Waals surface area contributed by atoms with Gasteiger partial charge in [-0.05, 0) is 97.1 Å². The lowest BCUT2D eigenvalue weighted by molar-refractivity contribution is -0.131. The Morgan fingerprint density at radius 2 is 1.96 bits per heavy atom. The van der Waals surface area contributed by atoms with Crippen molar-refractivity contribution in [3.8, 4) is 5.69 Å². The summed E-state index contributed by atoms with van der Waals surface area (Å²) in [6.07, 6.45) is 1.67. The third-order valence-corrected chi connectivity index (χ3v) is 5.43. The number of aliphatic carboxylic acids is 1. The van der Waals surface area contributed by atoms with Gasteiger partial charge < -0.3 is 9.67 Å². The van der Waals surface area contributed by atoms with E-state index in [0.29, 0.717) is 11.0 Å². The van der Waals surface area contributed by atoms with Crippen LogP contribution in [0, 0.1) is 24.3 Å². The lowest BCUT2D eigenvalue weighted by atomic mass is 10.2. The molecule has 6 nitrogen and oxygen atoms in total. The van der Waals surface area contributed by atoms with Crippen LogP contribution in [0.1, 0.15) is 22.8 Å². The molecule has 2 aromatic heterocycles. The second-order valence-corrected chi connectivity index (χ2v) is 8.01. The third-order valence-electron chi connectivity index (χ3n) is 3.83. The van der Waals surface area contributed by atoms with Crippen molar-refractivity contribution in [3.05, 3.63) is 61.6 Å². The van der Waals surface area contributed by atoms with Gasteiger partial charge in [0.25, 0.3) is 0 Å². The maximum Gasteiger partial charge on any atom is 0.342 e. The van der Waals surface area contributed by atoms with Gasteiger partial charge in [0.15, 0.2) is 0 Å². The van der Waals surface area contributed by atoms with Gasteiger partial charge in [-0.15, -0.1) is 5.10 Å². The Morgan fingerprint density at radius 1 is 1.27 bits per heavy atom. The van der Waals surface area contributed by atoms with Gasteiger partial charge in [-0.3, -0.25) is 5.10 Å². The number of benzene rings is 1. The number of nitrogens with zero attached hydrogens (tertiary/aromatic N) is 3. The molecule has 2 heterocycles. The highest BCUT2D eigenvalue weighted by Crippen LogP contribution is 2.29. The van der Waals surface area contributed by atoms with Crippen LogP contribution in [-0.2, 0) is 4.79 Å². The van der Waals surface area contributed by atoms with Crippen molar-refractivity contribution in [1.29, 1.82) is 0 Å². The molecule has 0 spiro atoms. The van der Waals surface area contributed by atoms with Crippen molar-refractivity contribution in [2.24, 2.45) is 0 Å². The number of hydrogen-bond donors (Lipinski definition) is 2. The number of aromatic nitrogens is 4. The van der Waals surface area contributed by atoms with E-state index < -0.39 is 5.97 Å². The molecule has 0 saturated carbocycles. The fraction of sp³-hybridized carbons (Fsp3) is 0.167. The number of carboxylic acids is 1. The number of H-pyrrole nitrogens is 1. The van der Waals surface area contributed by atoms with E-state index >= 15 is 0 Å². The van der Waals surface area contributed by atoms with Crippen LogP contribution < -0.4 is 0 Å². The average molecular weight is 480 g/mol. The van der Waals surface area contributed by atoms with E-state index in [2.05, 4.69) is 54.5 Å². The number of aromatic amines is 1. The molecule has 8 heteroatoms. The number of aryl methyl sites for hydroxylation is 2. The van der Waals surface area contributed by atoms with Gasteiger partial charge in [-0.25, -0.2) is 9.78 Å². The second kappa shape index (κ2) is 7.67. The average Bonchev–Trinajstić information content (AvgIpc) is 3.11. The first-order valence-electron chi connectivity index (χ1n) is 7.82. The summed E-state index contributed by atoms with van der Waals surface area (Å²) in [5.74, 6) is -0.356. The molecule has 0 atom stereocenters. The van der Waals surface area contributed by atoms with Gasteiger partial charge in [-0.2, -0.15) is 0 Å². The zero-order chi connectivity index (χ0) is 18.8. The molecule has 26 heavy (non-hydrogen) atoms. The summed E-state index contributed by atoms with van der Waals surface area (Å²) in [6.45, 7) is 5.77. The van der Waals surface area contributed by atoms with Crippen molar-refractivity contribution < 1.29 is 9.90 Å². The molecule has 0 fully saturated rings. The van der Waals surface area contributed by atoms with Gasteiger partial charge in [0, 0.05) is 20.6 Å². The van der Waals surface area contributed by atoms with Crippen LogP contribution in [-0.4, -0.2) is 30.8 Å². The molecular weight excluding hydrogens is 463 g/mol. The highest BCUT2D eigenvalue weighted by Gasteiger charge is 2.16. The Bertz CT molecular complexity index is 989. The number of rotatable bonds is 5. The highest BCUT2D eigenvalue weighted by molar-refractivity contribution is 14.1. The summed E-state index contributed by atoms with van der Waals surface area (Å²) in [7, 11) is 0. The minimum absolute atomic E-state index is 0.173. The van der Waals surface area contributed by atoms with Gasteiger partial charge >= 0.3 is 5.97 Å². The van der Waals surface area contributed by atoms with Crippen LogP contribution in [0.15, 0.2) is 40.4 Å². The lowest BCUT2D eigenvalue weighted by Crippen LogP contribution is -2.00. The molecule has 2 N–H and O–H groups in total. The first kappa shape index (κ1) is 18.7. The number of hydrogen-bond acceptors (Lipinski definition) is 4. The van der Waals surface area contributed by atoms with E-state index in [9.17, 15) is 9.90 Å². The van der Waals surface area contributed by atoms with Crippen LogP contribution in [0.2, 0.25) is 0 Å². The Balaban J connectivity index is 1.99. The largest absolute Gasteiger partial charge is 0.477 e. The molecule has 0 saturated heterocycles. The number of carboxylic acid groups (broad SMARTS) is 1. The van der Waals surface area contributed by atoms with E-state index in [1.165, 1.54) is 3.57 Å². The zero-order valence-corrected chi connectivity index (χ0v) is 17.4. The topological polar surface area (TPSA) is 83.8 Å². The Kier molecular flexibility index (Phi) is 5.52. The van der Waals surface area contributed by atoms with Crippen molar-refractivity contribution in [2.45, 2.75) is 25.9 Å². The van der Waals surface area contributed by atoms with Crippen LogP contribution in [0.25, 0.3) is 11.8 Å².